The van der Waals surface area contributed by atoms with Crippen LogP contribution in [-0.2, 0) is 19.0 Å². The molecule has 1 heterocycles. The SMILES string of the molecule is COC(=O)C1(OC)CCN(C(=O)OC(C)(C)C)C1. The third-order valence-corrected chi connectivity index (χ3v) is 2.83. The van der Waals surface area contributed by atoms with Crippen molar-refractivity contribution in [2.75, 3.05) is 27.3 Å². The van der Waals surface area contributed by atoms with Crippen LogP contribution in [0.2, 0.25) is 0 Å². The molecule has 1 aliphatic heterocycles. The van der Waals surface area contributed by atoms with Gasteiger partial charge in [0, 0.05) is 20.1 Å². The molecule has 1 rings (SSSR count). The van der Waals surface area contributed by atoms with Crippen molar-refractivity contribution in [3.63, 3.8) is 0 Å². The van der Waals surface area contributed by atoms with Crippen LogP contribution in [0.1, 0.15) is 27.2 Å². The fraction of sp³-hybridized carbons (Fsp3) is 0.833. The standard InChI is InChI=1S/C12H21NO5/c1-11(2,3)18-10(15)13-7-6-12(8-13,17-5)9(14)16-4/h6-8H2,1-5H3. The second-order valence-corrected chi connectivity index (χ2v) is 5.34. The van der Waals surface area contributed by atoms with Crippen LogP contribution in [0.3, 0.4) is 0 Å². The van der Waals surface area contributed by atoms with Gasteiger partial charge in [-0.2, -0.15) is 0 Å². The van der Waals surface area contributed by atoms with Gasteiger partial charge >= 0.3 is 12.1 Å². The first-order valence-corrected chi connectivity index (χ1v) is 5.85. The van der Waals surface area contributed by atoms with Gasteiger partial charge in [0.2, 0.25) is 0 Å². The van der Waals surface area contributed by atoms with Crippen LogP contribution < -0.4 is 0 Å². The number of methoxy groups -OCH3 is 2. The molecule has 1 atom stereocenters. The molecule has 0 aromatic heterocycles. The molecular formula is C12H21NO5. The van der Waals surface area contributed by atoms with Crippen LogP contribution in [0.25, 0.3) is 0 Å². The number of carbonyl (C=O) groups excluding carboxylic acids is 2. The van der Waals surface area contributed by atoms with E-state index in [2.05, 4.69) is 0 Å². The summed E-state index contributed by atoms with van der Waals surface area (Å²) in [6.45, 7) is 5.96. The quantitative estimate of drug-likeness (QED) is 0.697. The fourth-order valence-corrected chi connectivity index (χ4v) is 1.87. The maximum absolute atomic E-state index is 11.9. The second-order valence-electron chi connectivity index (χ2n) is 5.34. The van der Waals surface area contributed by atoms with Crippen molar-refractivity contribution < 1.29 is 23.8 Å². The van der Waals surface area contributed by atoms with Gasteiger partial charge in [0.1, 0.15) is 5.60 Å². The minimum Gasteiger partial charge on any atom is -0.467 e. The van der Waals surface area contributed by atoms with Crippen molar-refractivity contribution in [2.24, 2.45) is 0 Å². The van der Waals surface area contributed by atoms with Crippen molar-refractivity contribution in [1.29, 1.82) is 0 Å². The van der Waals surface area contributed by atoms with Crippen molar-refractivity contribution >= 4 is 12.1 Å². The maximum atomic E-state index is 11.9. The van der Waals surface area contributed by atoms with Gasteiger partial charge in [-0.1, -0.05) is 0 Å². The Morgan fingerprint density at radius 2 is 1.83 bits per heavy atom. The molecule has 6 nitrogen and oxygen atoms in total. The predicted octanol–water partition coefficient (Wildman–Crippen LogP) is 1.19. The normalized spacial score (nSPS) is 23.9. The summed E-state index contributed by atoms with van der Waals surface area (Å²) >= 11 is 0. The average molecular weight is 259 g/mol. The lowest BCUT2D eigenvalue weighted by molar-refractivity contribution is -0.164. The number of rotatable bonds is 2. The molecule has 0 spiro atoms. The Labute approximate surface area is 107 Å². The molecule has 6 heteroatoms. The van der Waals surface area contributed by atoms with E-state index in [0.29, 0.717) is 13.0 Å². The molecule has 0 aromatic carbocycles. The largest absolute Gasteiger partial charge is 0.467 e. The second kappa shape index (κ2) is 5.14. The number of esters is 1. The van der Waals surface area contributed by atoms with E-state index in [9.17, 15) is 9.59 Å². The van der Waals surface area contributed by atoms with Gasteiger partial charge in [0.05, 0.1) is 13.7 Å². The van der Waals surface area contributed by atoms with Gasteiger partial charge in [-0.25, -0.2) is 9.59 Å². The van der Waals surface area contributed by atoms with Gasteiger partial charge in [-0.15, -0.1) is 0 Å². The van der Waals surface area contributed by atoms with E-state index in [-0.39, 0.29) is 6.54 Å². The molecule has 1 saturated heterocycles. The van der Waals surface area contributed by atoms with E-state index in [0.717, 1.165) is 0 Å². The Balaban J connectivity index is 2.70. The summed E-state index contributed by atoms with van der Waals surface area (Å²) in [4.78, 5) is 25.0. The zero-order chi connectivity index (χ0) is 14.0. The summed E-state index contributed by atoms with van der Waals surface area (Å²) in [5.74, 6) is -0.462. The van der Waals surface area contributed by atoms with Gasteiger partial charge < -0.3 is 19.1 Å². The van der Waals surface area contributed by atoms with E-state index >= 15 is 0 Å². The zero-order valence-corrected chi connectivity index (χ0v) is 11.6. The predicted molar refractivity (Wildman–Crippen MR) is 64.2 cm³/mol. The van der Waals surface area contributed by atoms with Crippen LogP contribution in [0.5, 0.6) is 0 Å². The molecule has 1 amide bonds. The highest BCUT2D eigenvalue weighted by molar-refractivity contribution is 5.82. The molecule has 1 fully saturated rings. The van der Waals surface area contributed by atoms with E-state index in [1.807, 2.05) is 0 Å². The minimum atomic E-state index is -1.06. The van der Waals surface area contributed by atoms with Crippen molar-refractivity contribution in [1.82, 2.24) is 4.90 Å². The Bertz CT molecular complexity index is 336. The molecule has 0 aliphatic carbocycles. The molecule has 18 heavy (non-hydrogen) atoms. The van der Waals surface area contributed by atoms with Crippen LogP contribution >= 0.6 is 0 Å². The van der Waals surface area contributed by atoms with Crippen molar-refractivity contribution in [3.05, 3.63) is 0 Å². The van der Waals surface area contributed by atoms with Crippen LogP contribution in [-0.4, -0.2) is 55.5 Å². The van der Waals surface area contributed by atoms with Gasteiger partial charge in [-0.3, -0.25) is 0 Å². The zero-order valence-electron chi connectivity index (χ0n) is 11.6. The Morgan fingerprint density at radius 1 is 1.22 bits per heavy atom. The van der Waals surface area contributed by atoms with E-state index < -0.39 is 23.3 Å². The van der Waals surface area contributed by atoms with Crippen LogP contribution in [0, 0.1) is 0 Å². The molecule has 104 valence electrons. The maximum Gasteiger partial charge on any atom is 0.410 e. The summed E-state index contributed by atoms with van der Waals surface area (Å²) < 4.78 is 15.2. The first-order chi connectivity index (χ1) is 8.24. The molecule has 1 unspecified atom stereocenters. The molecule has 0 radical (unpaired) electrons. The minimum absolute atomic E-state index is 0.158. The molecular weight excluding hydrogens is 238 g/mol. The number of nitrogens with zero attached hydrogens (tertiary/aromatic N) is 1. The van der Waals surface area contributed by atoms with Gasteiger partial charge in [0.15, 0.2) is 5.60 Å². The first-order valence-electron chi connectivity index (χ1n) is 5.85. The molecule has 0 bridgehead atoms. The summed E-state index contributed by atoms with van der Waals surface area (Å²) in [7, 11) is 2.74. The highest BCUT2D eigenvalue weighted by Crippen LogP contribution is 2.27. The number of hydrogen-bond acceptors (Lipinski definition) is 5. The number of likely N-dealkylation sites (tertiary alicyclic amines) is 1. The number of carbonyl (C=O) groups is 2. The average Bonchev–Trinajstić information content (AvgIpc) is 2.71. The van der Waals surface area contributed by atoms with Gasteiger partial charge in [0.25, 0.3) is 0 Å². The van der Waals surface area contributed by atoms with E-state index in [4.69, 9.17) is 14.2 Å². The molecule has 0 aromatic rings. The van der Waals surface area contributed by atoms with Crippen LogP contribution in [0.15, 0.2) is 0 Å². The molecule has 0 N–H and O–H groups in total. The Morgan fingerprint density at radius 3 is 2.28 bits per heavy atom. The highest BCUT2D eigenvalue weighted by Gasteiger charge is 2.48. The summed E-state index contributed by atoms with van der Waals surface area (Å²) in [5, 5.41) is 0. The lowest BCUT2D eigenvalue weighted by Crippen LogP contribution is -2.46. The molecule has 0 saturated carbocycles. The van der Waals surface area contributed by atoms with Crippen LogP contribution in [0.4, 0.5) is 4.79 Å². The molecule has 1 aliphatic rings. The van der Waals surface area contributed by atoms with E-state index in [1.54, 1.807) is 20.8 Å². The first kappa shape index (κ1) is 14.8. The fourth-order valence-electron chi connectivity index (χ4n) is 1.87. The summed E-state index contributed by atoms with van der Waals surface area (Å²) in [5.41, 5.74) is -1.62. The lowest BCUT2D eigenvalue weighted by atomic mass is 10.0. The number of amides is 1. The van der Waals surface area contributed by atoms with E-state index in [1.165, 1.54) is 19.1 Å². The van der Waals surface area contributed by atoms with Crippen molar-refractivity contribution in [3.8, 4) is 0 Å². The number of ether oxygens (including phenoxy) is 3. The Hall–Kier alpha value is -1.30. The smallest absolute Gasteiger partial charge is 0.410 e. The Kier molecular flexibility index (Phi) is 4.21. The number of hydrogen-bond donors (Lipinski definition) is 0. The topological polar surface area (TPSA) is 65.1 Å². The third-order valence-electron chi connectivity index (χ3n) is 2.83. The summed E-state index contributed by atoms with van der Waals surface area (Å²) in [6.07, 6.45) is -0.0274. The monoisotopic (exact) mass is 259 g/mol. The highest BCUT2D eigenvalue weighted by atomic mass is 16.6. The summed E-state index contributed by atoms with van der Waals surface area (Å²) in [6, 6.07) is 0. The lowest BCUT2D eigenvalue weighted by Gasteiger charge is -2.27. The van der Waals surface area contributed by atoms with Crippen molar-refractivity contribution in [2.45, 2.75) is 38.4 Å². The van der Waals surface area contributed by atoms with Gasteiger partial charge in [-0.05, 0) is 20.8 Å². The third kappa shape index (κ3) is 3.13.